The monoisotopic (exact) mass is 242 g/mol. The number of likely N-dealkylation sites (tertiary alicyclic amines) is 1. The first-order chi connectivity index (χ1) is 8.05. The number of nitrogens with one attached hydrogen (secondary N) is 1. The summed E-state index contributed by atoms with van der Waals surface area (Å²) in [5.74, 6) is 0. The molecular weight excluding hydrogens is 216 g/mol. The van der Waals surface area contributed by atoms with Gasteiger partial charge < -0.3 is 15.3 Å². The lowest BCUT2D eigenvalue weighted by atomic mass is 9.90. The van der Waals surface area contributed by atoms with E-state index in [0.29, 0.717) is 13.0 Å². The van der Waals surface area contributed by atoms with Gasteiger partial charge in [0.25, 0.3) is 0 Å². The first-order valence-electron chi connectivity index (χ1n) is 6.69. The third kappa shape index (κ3) is 5.39. The number of urea groups is 1. The average molecular weight is 242 g/mol. The zero-order valence-corrected chi connectivity index (χ0v) is 11.2. The van der Waals surface area contributed by atoms with Crippen LogP contribution in [0.2, 0.25) is 0 Å². The molecule has 100 valence electrons. The van der Waals surface area contributed by atoms with Gasteiger partial charge in [-0.15, -0.1) is 0 Å². The van der Waals surface area contributed by atoms with E-state index in [1.165, 1.54) is 12.8 Å². The van der Waals surface area contributed by atoms with Crippen molar-refractivity contribution in [3.63, 3.8) is 0 Å². The second-order valence-electron chi connectivity index (χ2n) is 5.70. The van der Waals surface area contributed by atoms with E-state index in [1.807, 2.05) is 4.90 Å². The van der Waals surface area contributed by atoms with Crippen molar-refractivity contribution in [1.29, 1.82) is 0 Å². The summed E-state index contributed by atoms with van der Waals surface area (Å²) in [5, 5.41) is 11.9. The highest BCUT2D eigenvalue weighted by molar-refractivity contribution is 5.74. The number of hydrogen-bond donors (Lipinski definition) is 2. The maximum absolute atomic E-state index is 12.0. The van der Waals surface area contributed by atoms with E-state index in [0.717, 1.165) is 25.9 Å². The largest absolute Gasteiger partial charge is 0.396 e. The van der Waals surface area contributed by atoms with Crippen LogP contribution < -0.4 is 5.32 Å². The average Bonchev–Trinajstić information content (AvgIpc) is 2.54. The normalized spacial score (nSPS) is 17.7. The minimum atomic E-state index is -0.0315. The fraction of sp³-hybridized carbons (Fsp3) is 0.923. The first kappa shape index (κ1) is 14.3. The molecule has 2 amide bonds. The fourth-order valence-corrected chi connectivity index (χ4v) is 2.09. The second-order valence-corrected chi connectivity index (χ2v) is 5.70. The molecule has 17 heavy (non-hydrogen) atoms. The summed E-state index contributed by atoms with van der Waals surface area (Å²) in [6.45, 7) is 6.69. The van der Waals surface area contributed by atoms with Crippen LogP contribution in [0.15, 0.2) is 0 Å². The highest BCUT2D eigenvalue weighted by atomic mass is 16.3. The summed E-state index contributed by atoms with van der Waals surface area (Å²) in [6.07, 6.45) is 5.42. The molecule has 0 aromatic heterocycles. The van der Waals surface area contributed by atoms with Crippen LogP contribution >= 0.6 is 0 Å². The Hall–Kier alpha value is -0.770. The number of hydrogen-bond acceptors (Lipinski definition) is 2. The molecule has 0 atom stereocenters. The molecule has 2 N–H and O–H groups in total. The Kier molecular flexibility index (Phi) is 5.75. The zero-order chi connectivity index (χ0) is 12.7. The molecule has 0 saturated carbocycles. The third-order valence-electron chi connectivity index (χ3n) is 3.40. The molecule has 0 aromatic rings. The molecule has 1 aliphatic heterocycles. The van der Waals surface area contributed by atoms with Crippen molar-refractivity contribution in [2.24, 2.45) is 5.41 Å². The van der Waals surface area contributed by atoms with Crippen molar-refractivity contribution >= 4 is 6.03 Å². The van der Waals surface area contributed by atoms with Gasteiger partial charge in [-0.05, 0) is 24.7 Å². The van der Waals surface area contributed by atoms with Gasteiger partial charge in [-0.1, -0.05) is 26.7 Å². The molecule has 4 heteroatoms. The molecule has 0 aliphatic carbocycles. The molecule has 1 heterocycles. The molecule has 0 aromatic carbocycles. The van der Waals surface area contributed by atoms with Crippen molar-refractivity contribution < 1.29 is 9.90 Å². The maximum atomic E-state index is 12.0. The lowest BCUT2D eigenvalue weighted by Crippen LogP contribution is -2.44. The molecule has 0 bridgehead atoms. The van der Waals surface area contributed by atoms with Crippen LogP contribution in [0, 0.1) is 5.41 Å². The van der Waals surface area contributed by atoms with Gasteiger partial charge in [0, 0.05) is 26.2 Å². The summed E-state index contributed by atoms with van der Waals surface area (Å²) >= 11 is 0. The number of rotatable bonds is 4. The molecule has 1 saturated heterocycles. The third-order valence-corrected chi connectivity index (χ3v) is 3.40. The van der Waals surface area contributed by atoms with E-state index in [2.05, 4.69) is 19.2 Å². The lowest BCUT2D eigenvalue weighted by molar-refractivity contribution is 0.181. The molecule has 1 rings (SSSR count). The van der Waals surface area contributed by atoms with Crippen molar-refractivity contribution in [3.05, 3.63) is 0 Å². The summed E-state index contributed by atoms with van der Waals surface area (Å²) in [7, 11) is 0. The van der Waals surface area contributed by atoms with Crippen LogP contribution in [0.1, 0.15) is 46.0 Å². The van der Waals surface area contributed by atoms with Crippen molar-refractivity contribution in [2.45, 2.75) is 46.0 Å². The molecule has 4 nitrogen and oxygen atoms in total. The van der Waals surface area contributed by atoms with Gasteiger partial charge in [0.2, 0.25) is 0 Å². The van der Waals surface area contributed by atoms with Crippen LogP contribution in [0.5, 0.6) is 0 Å². The highest BCUT2D eigenvalue weighted by Crippen LogP contribution is 2.18. The number of aliphatic hydroxyl groups excluding tert-OH is 1. The van der Waals surface area contributed by atoms with E-state index in [4.69, 9.17) is 5.11 Å². The number of nitrogens with zero attached hydrogens (tertiary/aromatic N) is 1. The van der Waals surface area contributed by atoms with Crippen LogP contribution in [-0.4, -0.2) is 42.3 Å². The van der Waals surface area contributed by atoms with E-state index < -0.39 is 0 Å². The number of amides is 2. The summed E-state index contributed by atoms with van der Waals surface area (Å²) in [5.41, 5.74) is -0.0315. The quantitative estimate of drug-likeness (QED) is 0.792. The predicted molar refractivity (Wildman–Crippen MR) is 68.9 cm³/mol. The summed E-state index contributed by atoms with van der Waals surface area (Å²) in [6, 6.07) is 0.0536. The van der Waals surface area contributed by atoms with Gasteiger partial charge in [0.15, 0.2) is 0 Å². The Morgan fingerprint density at radius 2 is 1.82 bits per heavy atom. The molecule has 1 aliphatic rings. The van der Waals surface area contributed by atoms with Crippen molar-refractivity contribution in [2.75, 3.05) is 26.2 Å². The molecule has 0 unspecified atom stereocenters. The Morgan fingerprint density at radius 1 is 1.24 bits per heavy atom. The summed E-state index contributed by atoms with van der Waals surface area (Å²) in [4.78, 5) is 13.9. The zero-order valence-electron chi connectivity index (χ0n) is 11.2. The van der Waals surface area contributed by atoms with Gasteiger partial charge in [-0.25, -0.2) is 4.79 Å². The van der Waals surface area contributed by atoms with Crippen LogP contribution in [0.3, 0.4) is 0 Å². The fourth-order valence-electron chi connectivity index (χ4n) is 2.09. The number of carbonyl (C=O) groups is 1. The van der Waals surface area contributed by atoms with Gasteiger partial charge in [-0.2, -0.15) is 0 Å². The maximum Gasteiger partial charge on any atom is 0.317 e. The van der Waals surface area contributed by atoms with Crippen molar-refractivity contribution in [3.8, 4) is 0 Å². The molecule has 0 radical (unpaired) electrons. The second kappa shape index (κ2) is 6.84. The van der Waals surface area contributed by atoms with E-state index >= 15 is 0 Å². The van der Waals surface area contributed by atoms with E-state index in [1.54, 1.807) is 0 Å². The number of aliphatic hydroxyl groups is 1. The van der Waals surface area contributed by atoms with Gasteiger partial charge in [-0.3, -0.25) is 0 Å². The standard InChI is InChI=1S/C13H26N2O2/c1-13(2,7-10-16)11-14-12(17)15-8-5-3-4-6-9-15/h16H,3-11H2,1-2H3,(H,14,17). The van der Waals surface area contributed by atoms with Crippen LogP contribution in [0.4, 0.5) is 4.79 Å². The Morgan fingerprint density at radius 3 is 2.35 bits per heavy atom. The van der Waals surface area contributed by atoms with Gasteiger partial charge in [0.05, 0.1) is 0 Å². The van der Waals surface area contributed by atoms with Gasteiger partial charge in [0.1, 0.15) is 0 Å². The molecule has 1 fully saturated rings. The topological polar surface area (TPSA) is 52.6 Å². The van der Waals surface area contributed by atoms with Crippen LogP contribution in [0.25, 0.3) is 0 Å². The molecular formula is C13H26N2O2. The minimum absolute atomic E-state index is 0.0315. The lowest BCUT2D eigenvalue weighted by Gasteiger charge is -2.27. The van der Waals surface area contributed by atoms with E-state index in [-0.39, 0.29) is 18.1 Å². The predicted octanol–water partition coefficient (Wildman–Crippen LogP) is 1.98. The highest BCUT2D eigenvalue weighted by Gasteiger charge is 2.20. The summed E-state index contributed by atoms with van der Waals surface area (Å²) < 4.78 is 0. The smallest absolute Gasteiger partial charge is 0.317 e. The Labute approximate surface area is 104 Å². The first-order valence-corrected chi connectivity index (χ1v) is 6.69. The van der Waals surface area contributed by atoms with Gasteiger partial charge >= 0.3 is 6.03 Å². The minimum Gasteiger partial charge on any atom is -0.396 e. The Bertz CT molecular complexity index is 234. The Balaban J connectivity index is 2.32. The van der Waals surface area contributed by atoms with Crippen molar-refractivity contribution in [1.82, 2.24) is 10.2 Å². The number of carbonyl (C=O) groups excluding carboxylic acids is 1. The van der Waals surface area contributed by atoms with Crippen LogP contribution in [-0.2, 0) is 0 Å². The molecule has 0 spiro atoms. The SMILES string of the molecule is CC(C)(CCO)CNC(=O)N1CCCCCC1. The van der Waals surface area contributed by atoms with E-state index in [9.17, 15) is 4.79 Å².